The second-order valence-corrected chi connectivity index (χ2v) is 28.7. The number of nitrogens with one attached hydrogen (secondary N) is 3. The number of β-amino-alcohol motifs (C(OH)–C–C–N with tert-alkyl or cyclic N) is 1. The molecule has 4 rings (SSSR count). The van der Waals surface area contributed by atoms with E-state index in [1.807, 2.05) is 13.8 Å². The van der Waals surface area contributed by atoms with E-state index >= 15 is 0 Å². The maximum Gasteiger partial charge on any atom is 0.136 e. The maximum atomic E-state index is 13.9. The maximum absolute atomic E-state index is 13.9. The van der Waals surface area contributed by atoms with Crippen molar-refractivity contribution in [1.29, 1.82) is 0 Å². The lowest BCUT2D eigenvalue weighted by molar-refractivity contribution is -0.130. The fraction of sp³-hybridized carbons (Fsp3) is 0.797. The van der Waals surface area contributed by atoms with Crippen LogP contribution < -0.4 is 21.7 Å². The summed E-state index contributed by atoms with van der Waals surface area (Å²) in [6.07, 6.45) is 15.7. The third-order valence-electron chi connectivity index (χ3n) is 15.9. The van der Waals surface area contributed by atoms with E-state index in [2.05, 4.69) is 176 Å². The SMILES string of the molecule is C=C(C[C@@H]1CC=C(CNCCCN)C[C@@H]1OC[C@@H]1C(NC(=C)CC(C)(C)C)CC(NC(=C)C2(O)CCN(C(=C)CC(C)(C)C)C2)[C@H](OC2C=CC(C)(C)[C@H](C(C)C(=O)CC(C)(C)C)C2)C1C)CC(C)(C)C.CC. The number of ether oxygens (including phenoxy) is 2. The van der Waals surface area contributed by atoms with Crippen LogP contribution in [0.1, 0.15) is 195 Å². The first-order chi connectivity index (χ1) is 33.6. The number of hydrogen-bond acceptors (Lipinski definition) is 9. The fourth-order valence-electron chi connectivity index (χ4n) is 12.3. The number of allylic oxidation sites excluding steroid dienone is 5. The highest BCUT2D eigenvalue weighted by Gasteiger charge is 2.49. The van der Waals surface area contributed by atoms with Gasteiger partial charge in [-0.05, 0) is 116 Å². The van der Waals surface area contributed by atoms with Gasteiger partial charge in [0, 0.05) is 60.9 Å². The van der Waals surface area contributed by atoms with E-state index in [4.69, 9.17) is 15.2 Å². The van der Waals surface area contributed by atoms with Crippen LogP contribution in [0.4, 0.5) is 0 Å². The van der Waals surface area contributed by atoms with Crippen LogP contribution in [0.2, 0.25) is 0 Å². The van der Waals surface area contributed by atoms with E-state index in [1.165, 1.54) is 11.1 Å². The highest BCUT2D eigenvalue weighted by Crippen LogP contribution is 2.46. The number of nitrogens with zero attached hydrogens (tertiary/aromatic N) is 1. The number of rotatable bonds is 24. The van der Waals surface area contributed by atoms with Crippen LogP contribution >= 0.6 is 0 Å². The minimum atomic E-state index is -1.13. The largest absolute Gasteiger partial charge is 0.386 e. The van der Waals surface area contributed by atoms with E-state index in [0.29, 0.717) is 49.9 Å². The zero-order chi connectivity index (χ0) is 55.5. The fourth-order valence-corrected chi connectivity index (χ4v) is 12.3. The van der Waals surface area contributed by atoms with Crippen molar-refractivity contribution in [3.8, 4) is 0 Å². The first-order valence-electron chi connectivity index (χ1n) is 28.9. The Morgan fingerprint density at radius 1 is 0.890 bits per heavy atom. The molecule has 0 aromatic heterocycles. The molecule has 1 saturated carbocycles. The molecule has 11 atom stereocenters. The Labute approximate surface area is 450 Å². The summed E-state index contributed by atoms with van der Waals surface area (Å²) in [5.41, 5.74) is 10.2. The zero-order valence-corrected chi connectivity index (χ0v) is 50.6. The molecule has 6 unspecified atom stereocenters. The molecule has 4 aliphatic rings. The standard InChI is InChI=1S/C62H109N5O4.C2H6/c1-41(34-57(7,8)9)30-48-23-22-47(38-64-28-21-27-63)31-55(48)70-39-50-44(4)56(71-49-24-25-61(19,20)51(32-49)45(5)54(68)37-60(16,17)18)53(33-52(50)65-42(2)35-58(10,11)12)66-46(6)62(69)26-29-67(40-62)43(3)36-59(13,14)15;1-2/h22,24-25,44-45,48-53,55-56,64-66,69H,1-3,6,21,23,26-40,63H2,4-5,7-20H3;1-2H3/t44?,45?,48-,49?,50-,51-,52?,53?,55-,56+,62?;/m0./s1. The van der Waals surface area contributed by atoms with Gasteiger partial charge < -0.3 is 41.2 Å². The Hall–Kier alpha value is -2.69. The first kappa shape index (κ1) is 64.6. The Bertz CT molecular complexity index is 1870. The van der Waals surface area contributed by atoms with Crippen LogP contribution in [-0.4, -0.2) is 91.1 Å². The van der Waals surface area contributed by atoms with Crippen molar-refractivity contribution < 1.29 is 19.4 Å². The van der Waals surface area contributed by atoms with E-state index in [-0.39, 0.29) is 81.1 Å². The van der Waals surface area contributed by atoms with Gasteiger partial charge in [0.25, 0.3) is 0 Å². The summed E-state index contributed by atoms with van der Waals surface area (Å²) >= 11 is 0. The van der Waals surface area contributed by atoms with Crippen LogP contribution in [-0.2, 0) is 14.3 Å². The van der Waals surface area contributed by atoms with Crippen molar-refractivity contribution in [2.24, 2.45) is 62.4 Å². The van der Waals surface area contributed by atoms with Gasteiger partial charge in [-0.2, -0.15) is 0 Å². The number of likely N-dealkylation sites (tertiary alicyclic amines) is 1. The number of hydrogen-bond donors (Lipinski definition) is 5. The molecule has 0 aromatic rings. The van der Waals surface area contributed by atoms with Crippen LogP contribution in [0, 0.1) is 56.7 Å². The van der Waals surface area contributed by atoms with Gasteiger partial charge in [-0.25, -0.2) is 0 Å². The van der Waals surface area contributed by atoms with Gasteiger partial charge in [0.2, 0.25) is 0 Å². The predicted octanol–water partition coefficient (Wildman–Crippen LogP) is 13.5. The van der Waals surface area contributed by atoms with E-state index in [0.717, 1.165) is 88.8 Å². The molecule has 6 N–H and O–H groups in total. The summed E-state index contributed by atoms with van der Waals surface area (Å²) in [4.78, 5) is 16.1. The first-order valence-corrected chi connectivity index (χ1v) is 28.9. The van der Waals surface area contributed by atoms with Gasteiger partial charge in [-0.3, -0.25) is 4.79 Å². The topological polar surface area (TPSA) is 121 Å². The molecule has 420 valence electrons. The van der Waals surface area contributed by atoms with Crippen LogP contribution in [0.15, 0.2) is 72.8 Å². The highest BCUT2D eigenvalue weighted by molar-refractivity contribution is 5.81. The lowest BCUT2D eigenvalue weighted by Gasteiger charge is -2.50. The van der Waals surface area contributed by atoms with Gasteiger partial charge >= 0.3 is 0 Å². The number of nitrogens with two attached hydrogens (primary N) is 1. The number of ketones is 1. The van der Waals surface area contributed by atoms with Crippen molar-refractivity contribution in [1.82, 2.24) is 20.9 Å². The molecule has 73 heavy (non-hydrogen) atoms. The normalized spacial score (nSPS) is 29.1. The second kappa shape index (κ2) is 27.1. The predicted molar refractivity (Wildman–Crippen MR) is 312 cm³/mol. The number of carbonyl (C=O) groups is 1. The molecule has 1 aliphatic heterocycles. The van der Waals surface area contributed by atoms with Gasteiger partial charge in [-0.15, -0.1) is 0 Å². The lowest BCUT2D eigenvalue weighted by Crippen LogP contribution is -2.61. The van der Waals surface area contributed by atoms with Crippen LogP contribution in [0.5, 0.6) is 0 Å². The van der Waals surface area contributed by atoms with Crippen molar-refractivity contribution in [3.63, 3.8) is 0 Å². The Morgan fingerprint density at radius 2 is 1.51 bits per heavy atom. The van der Waals surface area contributed by atoms with E-state index < -0.39 is 5.60 Å². The molecule has 1 heterocycles. The highest BCUT2D eigenvalue weighted by atomic mass is 16.5. The zero-order valence-electron chi connectivity index (χ0n) is 50.6. The number of aliphatic hydroxyl groups is 1. The number of carbonyl (C=O) groups excluding carboxylic acids is 1. The molecule has 0 spiro atoms. The molecule has 0 amide bonds. The number of Topliss-reactive ketones (excluding diaryl/α,β-unsaturated/α-hetero) is 1. The molecule has 0 aromatic carbocycles. The molecule has 2 fully saturated rings. The minimum absolute atomic E-state index is 0.0146. The summed E-state index contributed by atoms with van der Waals surface area (Å²) < 4.78 is 14.9. The summed E-state index contributed by atoms with van der Waals surface area (Å²) in [6.45, 7) is 62.3. The Balaban J connectivity index is 0.00000694. The molecule has 0 radical (unpaired) electrons. The van der Waals surface area contributed by atoms with Crippen molar-refractivity contribution >= 4 is 5.78 Å². The average Bonchev–Trinajstić information content (AvgIpc) is 3.66. The monoisotopic (exact) mass is 1020 g/mol. The average molecular weight is 1020 g/mol. The van der Waals surface area contributed by atoms with Crippen molar-refractivity contribution in [2.75, 3.05) is 39.3 Å². The lowest BCUT2D eigenvalue weighted by atomic mass is 9.64. The summed E-state index contributed by atoms with van der Waals surface area (Å²) in [6, 6.07) is -0.163. The van der Waals surface area contributed by atoms with Gasteiger partial charge in [-0.1, -0.05) is 180 Å². The van der Waals surface area contributed by atoms with E-state index in [1.54, 1.807) is 0 Å². The van der Waals surface area contributed by atoms with Crippen LogP contribution in [0.3, 0.4) is 0 Å². The van der Waals surface area contributed by atoms with E-state index in [9.17, 15) is 9.90 Å². The summed E-state index contributed by atoms with van der Waals surface area (Å²) in [7, 11) is 0. The molecule has 9 heteroatoms. The quantitative estimate of drug-likeness (QED) is 0.0475. The molecular weight excluding hydrogens is 903 g/mol. The van der Waals surface area contributed by atoms with Crippen LogP contribution in [0.25, 0.3) is 0 Å². The Morgan fingerprint density at radius 3 is 2.10 bits per heavy atom. The Kier molecular flexibility index (Phi) is 24.0. The summed E-state index contributed by atoms with van der Waals surface area (Å²) in [5, 5.41) is 24.0. The molecule has 1 saturated heterocycles. The molecule has 9 nitrogen and oxygen atoms in total. The minimum Gasteiger partial charge on any atom is -0.386 e. The van der Waals surface area contributed by atoms with Gasteiger partial charge in [0.15, 0.2) is 0 Å². The molecule has 3 aliphatic carbocycles. The van der Waals surface area contributed by atoms with Gasteiger partial charge in [0.1, 0.15) is 11.4 Å². The molecular formula is C64H115N5O4. The second-order valence-electron chi connectivity index (χ2n) is 28.7. The summed E-state index contributed by atoms with van der Waals surface area (Å²) in [5.74, 6) is 0.789. The van der Waals surface area contributed by atoms with Gasteiger partial charge in [0.05, 0.1) is 37.5 Å². The smallest absolute Gasteiger partial charge is 0.136 e. The third kappa shape index (κ3) is 21.0. The van der Waals surface area contributed by atoms with Crippen molar-refractivity contribution in [2.45, 2.75) is 231 Å². The van der Waals surface area contributed by atoms with Crippen molar-refractivity contribution in [3.05, 3.63) is 72.8 Å². The molecule has 0 bridgehead atoms. The third-order valence-corrected chi connectivity index (χ3v) is 15.9.